The Labute approximate surface area is 86.8 Å². The van der Waals surface area contributed by atoms with Crippen LogP contribution in [0.1, 0.15) is 39.3 Å². The molecule has 0 saturated carbocycles. The molecule has 1 unspecified atom stereocenters. The Balaban J connectivity index is 2.55. The highest BCUT2D eigenvalue weighted by Gasteiger charge is 2.11. The third kappa shape index (κ3) is 3.11. The number of aromatic nitrogens is 1. The molecule has 1 N–H and O–H groups in total. The van der Waals surface area contributed by atoms with Crippen molar-refractivity contribution in [2.24, 2.45) is 5.92 Å². The standard InChI is InChI=1S/C12H20N2/c1-9(2)10(3)14-11(4)12-5-7-13-8-6-12/h5-11,14H,1-4H3/t10?,11-/m1/s1. The summed E-state index contributed by atoms with van der Waals surface area (Å²) in [5.74, 6) is 0.666. The van der Waals surface area contributed by atoms with Crippen LogP contribution >= 0.6 is 0 Å². The Bertz CT molecular complexity index is 256. The molecule has 0 saturated heterocycles. The molecule has 1 rings (SSSR count). The van der Waals surface area contributed by atoms with Gasteiger partial charge >= 0.3 is 0 Å². The maximum absolute atomic E-state index is 4.01. The molecular weight excluding hydrogens is 172 g/mol. The summed E-state index contributed by atoms with van der Waals surface area (Å²) in [7, 11) is 0. The van der Waals surface area contributed by atoms with Crippen molar-refractivity contribution >= 4 is 0 Å². The summed E-state index contributed by atoms with van der Waals surface area (Å²) in [5.41, 5.74) is 1.30. The highest BCUT2D eigenvalue weighted by Crippen LogP contribution is 2.13. The lowest BCUT2D eigenvalue weighted by atomic mass is 10.0. The molecule has 0 aliphatic carbocycles. The molecule has 2 nitrogen and oxygen atoms in total. The van der Waals surface area contributed by atoms with Crippen molar-refractivity contribution in [2.45, 2.75) is 39.8 Å². The summed E-state index contributed by atoms with van der Waals surface area (Å²) in [5, 5.41) is 3.57. The van der Waals surface area contributed by atoms with E-state index in [1.807, 2.05) is 12.4 Å². The van der Waals surface area contributed by atoms with E-state index in [-0.39, 0.29) is 0 Å². The maximum Gasteiger partial charge on any atom is 0.0295 e. The monoisotopic (exact) mass is 192 g/mol. The fraction of sp³-hybridized carbons (Fsp3) is 0.583. The van der Waals surface area contributed by atoms with E-state index < -0.39 is 0 Å². The minimum absolute atomic E-state index is 0.399. The topological polar surface area (TPSA) is 24.9 Å². The highest BCUT2D eigenvalue weighted by molar-refractivity contribution is 5.14. The summed E-state index contributed by atoms with van der Waals surface area (Å²) in [6.07, 6.45) is 3.68. The molecule has 0 radical (unpaired) electrons. The van der Waals surface area contributed by atoms with Gasteiger partial charge in [0.1, 0.15) is 0 Å². The van der Waals surface area contributed by atoms with Crippen LogP contribution in [0.15, 0.2) is 24.5 Å². The van der Waals surface area contributed by atoms with E-state index >= 15 is 0 Å². The van der Waals surface area contributed by atoms with Gasteiger partial charge in [-0.05, 0) is 37.5 Å². The van der Waals surface area contributed by atoms with E-state index in [1.54, 1.807) is 0 Å². The first-order valence-electron chi connectivity index (χ1n) is 5.27. The van der Waals surface area contributed by atoms with Crippen LogP contribution in [0.2, 0.25) is 0 Å². The summed E-state index contributed by atoms with van der Waals surface area (Å²) < 4.78 is 0. The van der Waals surface area contributed by atoms with Crippen LogP contribution in [-0.4, -0.2) is 11.0 Å². The average molecular weight is 192 g/mol. The van der Waals surface area contributed by atoms with Gasteiger partial charge in [-0.1, -0.05) is 13.8 Å². The average Bonchev–Trinajstić information content (AvgIpc) is 2.19. The van der Waals surface area contributed by atoms with E-state index in [9.17, 15) is 0 Å². The molecule has 2 heteroatoms. The fourth-order valence-electron chi connectivity index (χ4n) is 1.34. The molecule has 14 heavy (non-hydrogen) atoms. The summed E-state index contributed by atoms with van der Waals surface area (Å²) >= 11 is 0. The number of pyridine rings is 1. The van der Waals surface area contributed by atoms with Gasteiger partial charge in [-0.25, -0.2) is 0 Å². The summed E-state index contributed by atoms with van der Waals surface area (Å²) in [6, 6.07) is 5.06. The molecule has 2 atom stereocenters. The van der Waals surface area contributed by atoms with Gasteiger partial charge in [0.25, 0.3) is 0 Å². The second-order valence-electron chi connectivity index (χ2n) is 4.20. The zero-order chi connectivity index (χ0) is 10.6. The Hall–Kier alpha value is -0.890. The zero-order valence-corrected chi connectivity index (χ0v) is 9.49. The molecule has 1 aromatic rings. The van der Waals surface area contributed by atoms with E-state index in [0.29, 0.717) is 18.0 Å². The number of rotatable bonds is 4. The number of nitrogens with one attached hydrogen (secondary N) is 1. The van der Waals surface area contributed by atoms with Gasteiger partial charge in [0, 0.05) is 24.5 Å². The quantitative estimate of drug-likeness (QED) is 0.793. The second kappa shape index (κ2) is 5.11. The minimum Gasteiger partial charge on any atom is -0.307 e. The molecule has 1 heterocycles. The van der Waals surface area contributed by atoms with Crippen molar-refractivity contribution in [3.05, 3.63) is 30.1 Å². The smallest absolute Gasteiger partial charge is 0.0295 e. The number of hydrogen-bond donors (Lipinski definition) is 1. The molecule has 0 bridgehead atoms. The Kier molecular flexibility index (Phi) is 4.08. The zero-order valence-electron chi connectivity index (χ0n) is 9.49. The van der Waals surface area contributed by atoms with Gasteiger partial charge in [-0.3, -0.25) is 4.98 Å². The van der Waals surface area contributed by atoms with E-state index in [0.717, 1.165) is 0 Å². The molecule has 0 amide bonds. The largest absolute Gasteiger partial charge is 0.307 e. The number of nitrogens with zero attached hydrogens (tertiary/aromatic N) is 1. The van der Waals surface area contributed by atoms with Crippen LogP contribution in [0.4, 0.5) is 0 Å². The van der Waals surface area contributed by atoms with Gasteiger partial charge < -0.3 is 5.32 Å². The van der Waals surface area contributed by atoms with Crippen LogP contribution in [0.3, 0.4) is 0 Å². The van der Waals surface area contributed by atoms with Crippen molar-refractivity contribution in [1.29, 1.82) is 0 Å². The first-order valence-corrected chi connectivity index (χ1v) is 5.27. The lowest BCUT2D eigenvalue weighted by Gasteiger charge is -2.23. The molecule has 0 aliphatic rings. The third-order valence-corrected chi connectivity index (χ3v) is 2.72. The first kappa shape index (κ1) is 11.2. The third-order valence-electron chi connectivity index (χ3n) is 2.72. The van der Waals surface area contributed by atoms with Crippen LogP contribution in [-0.2, 0) is 0 Å². The van der Waals surface area contributed by atoms with Crippen LogP contribution < -0.4 is 5.32 Å². The maximum atomic E-state index is 4.01. The molecule has 0 fully saturated rings. The lowest BCUT2D eigenvalue weighted by molar-refractivity contribution is 0.389. The van der Waals surface area contributed by atoms with Gasteiger partial charge in [0.05, 0.1) is 0 Å². The highest BCUT2D eigenvalue weighted by atomic mass is 14.9. The molecule has 78 valence electrons. The minimum atomic E-state index is 0.399. The van der Waals surface area contributed by atoms with Crippen molar-refractivity contribution in [1.82, 2.24) is 10.3 Å². The predicted molar refractivity (Wildman–Crippen MR) is 60.1 cm³/mol. The molecule has 0 aromatic carbocycles. The van der Waals surface area contributed by atoms with Crippen LogP contribution in [0.25, 0.3) is 0 Å². The molecule has 0 aliphatic heterocycles. The Morgan fingerprint density at radius 3 is 2.14 bits per heavy atom. The van der Waals surface area contributed by atoms with Crippen molar-refractivity contribution in [2.75, 3.05) is 0 Å². The Morgan fingerprint density at radius 2 is 1.64 bits per heavy atom. The fourth-order valence-corrected chi connectivity index (χ4v) is 1.34. The molecule has 0 spiro atoms. The van der Waals surface area contributed by atoms with Crippen molar-refractivity contribution < 1.29 is 0 Å². The summed E-state index contributed by atoms with van der Waals surface area (Å²) in [4.78, 5) is 4.01. The second-order valence-corrected chi connectivity index (χ2v) is 4.20. The van der Waals surface area contributed by atoms with Gasteiger partial charge in [0.2, 0.25) is 0 Å². The molecule has 1 aromatic heterocycles. The first-order chi connectivity index (χ1) is 6.61. The normalized spacial score (nSPS) is 15.5. The van der Waals surface area contributed by atoms with Gasteiger partial charge in [-0.15, -0.1) is 0 Å². The van der Waals surface area contributed by atoms with Gasteiger partial charge in [0.15, 0.2) is 0 Å². The van der Waals surface area contributed by atoms with E-state index in [2.05, 4.69) is 50.1 Å². The van der Waals surface area contributed by atoms with Crippen LogP contribution in [0.5, 0.6) is 0 Å². The lowest BCUT2D eigenvalue weighted by Crippen LogP contribution is -2.32. The molecular formula is C12H20N2. The van der Waals surface area contributed by atoms with Crippen molar-refractivity contribution in [3.63, 3.8) is 0 Å². The number of hydrogen-bond acceptors (Lipinski definition) is 2. The van der Waals surface area contributed by atoms with Gasteiger partial charge in [-0.2, -0.15) is 0 Å². The SMILES string of the molecule is CC(C)C(C)N[C@H](C)c1ccncc1. The Morgan fingerprint density at radius 1 is 1.07 bits per heavy atom. The summed E-state index contributed by atoms with van der Waals surface area (Å²) in [6.45, 7) is 8.88. The predicted octanol–water partition coefficient (Wildman–Crippen LogP) is 2.78. The van der Waals surface area contributed by atoms with Crippen molar-refractivity contribution in [3.8, 4) is 0 Å². The van der Waals surface area contributed by atoms with E-state index in [1.165, 1.54) is 5.56 Å². The van der Waals surface area contributed by atoms with E-state index in [4.69, 9.17) is 0 Å². The van der Waals surface area contributed by atoms with Crippen LogP contribution in [0, 0.1) is 5.92 Å².